The van der Waals surface area contributed by atoms with Gasteiger partial charge in [-0.3, -0.25) is 24.0 Å². The molecule has 9 N–H and O–H groups in total. The highest BCUT2D eigenvalue weighted by Gasteiger charge is 2.35. The van der Waals surface area contributed by atoms with Gasteiger partial charge in [0.15, 0.2) is 0 Å². The number of hydrogen-bond acceptors (Lipinski definition) is 9. The molecular weight excluding hydrogens is 851 g/mol. The first-order valence-corrected chi connectivity index (χ1v) is 22.7. The number of imidazole rings is 1. The van der Waals surface area contributed by atoms with Crippen molar-refractivity contribution in [2.45, 2.75) is 89.1 Å². The van der Waals surface area contributed by atoms with Gasteiger partial charge in [-0.15, -0.1) is 0 Å². The van der Waals surface area contributed by atoms with Gasteiger partial charge in [0.1, 0.15) is 48.0 Å². The number of carbonyl (C=O) groups excluding carboxylic acids is 5. The van der Waals surface area contributed by atoms with E-state index in [0.29, 0.717) is 47.8 Å². The van der Waals surface area contributed by atoms with Crippen LogP contribution in [0.15, 0.2) is 116 Å². The van der Waals surface area contributed by atoms with E-state index < -0.39 is 65.7 Å². The van der Waals surface area contributed by atoms with Gasteiger partial charge < -0.3 is 51.7 Å². The zero-order valence-corrected chi connectivity index (χ0v) is 38.0. The number of aromatic nitrogens is 3. The Kier molecular flexibility index (Phi) is 15.7. The van der Waals surface area contributed by atoms with Gasteiger partial charge in [-0.1, -0.05) is 86.6 Å². The summed E-state index contributed by atoms with van der Waals surface area (Å²) in [5, 5.41) is 25.8. The highest BCUT2D eigenvalue weighted by atomic mass is 16.5. The number of H-pyrrole nitrogens is 1. The number of methoxy groups -OCH3 is 1. The van der Waals surface area contributed by atoms with Crippen LogP contribution in [-0.4, -0.2) is 87.0 Å². The van der Waals surface area contributed by atoms with Crippen LogP contribution >= 0.6 is 0 Å². The zero-order chi connectivity index (χ0) is 47.5. The molecule has 1 aliphatic rings. The van der Waals surface area contributed by atoms with E-state index in [1.165, 1.54) is 12.1 Å². The molecule has 2 aromatic heterocycles. The fourth-order valence-electron chi connectivity index (χ4n) is 8.37. The Hall–Kier alpha value is -7.46. The smallest absolute Gasteiger partial charge is 0.243 e. The van der Waals surface area contributed by atoms with Gasteiger partial charge in [-0.2, -0.15) is 0 Å². The molecule has 0 saturated heterocycles. The van der Waals surface area contributed by atoms with Crippen molar-refractivity contribution in [1.82, 2.24) is 41.1 Å². The summed E-state index contributed by atoms with van der Waals surface area (Å²) >= 11 is 0. The predicted molar refractivity (Wildman–Crippen MR) is 255 cm³/mol. The summed E-state index contributed by atoms with van der Waals surface area (Å²) in [6.07, 6.45) is 5.06. The standard InChI is InChI=1S/C51H59N9O7/c1-31(2)46-51(66)57-41(24-32-12-5-4-6-13-32)47-55-44(34-14-11-15-37(26-34)67-3)29-60(47)30-45(62)54-42(25-33-19-21-36(61)22-20-33)49(64)58-43(27-35-28-53-39-17-8-7-16-38(35)39)50(65)56-40(48(63)59-46)18-9-10-23-52/h4-8,11-17,19-22,26,28-29,31,40-43,46,53,61H,9-10,18,23-25,27,30,52H2,1-3H3,(H,54,62)(H,56,65)(H,57,66)(H,58,64)(H,59,63)/t40-,41-,42-,43+,46-/m0/s1. The first kappa shape index (κ1) is 47.5. The van der Waals surface area contributed by atoms with Crippen molar-refractivity contribution >= 4 is 40.4 Å². The number of para-hydroxylation sites is 1. The molecule has 0 fully saturated rings. The molecule has 7 rings (SSSR count). The number of nitrogens with one attached hydrogen (secondary N) is 6. The van der Waals surface area contributed by atoms with Crippen LogP contribution in [-0.2, 0) is 49.8 Å². The van der Waals surface area contributed by atoms with Gasteiger partial charge in [0, 0.05) is 41.7 Å². The third kappa shape index (κ3) is 12.3. The van der Waals surface area contributed by atoms with E-state index in [-0.39, 0.29) is 38.0 Å². The predicted octanol–water partition coefficient (Wildman–Crippen LogP) is 4.37. The number of phenols is 1. The zero-order valence-electron chi connectivity index (χ0n) is 38.0. The highest BCUT2D eigenvalue weighted by molar-refractivity contribution is 5.96. The lowest BCUT2D eigenvalue weighted by Gasteiger charge is -2.29. The molecular formula is C51H59N9O7. The molecule has 1 aliphatic heterocycles. The molecule has 0 spiro atoms. The third-order valence-electron chi connectivity index (χ3n) is 12.0. The summed E-state index contributed by atoms with van der Waals surface area (Å²) in [7, 11) is 1.56. The number of amides is 5. The SMILES string of the molecule is COc1cccc(-c2cn3c(n2)[C@H](Cc2ccccc2)NC(=O)[C@H](C(C)C)NC(=O)[C@H](CCCCN)NC(=O)[C@@H](Cc2c[nH]c4ccccc24)NC(=O)[C@H](Cc2ccc(O)cc2)NC(=O)C3)c1. The lowest BCUT2D eigenvalue weighted by molar-refractivity contribution is -0.135. The minimum Gasteiger partial charge on any atom is -0.508 e. The minimum atomic E-state index is -1.22. The first-order chi connectivity index (χ1) is 32.4. The first-order valence-electron chi connectivity index (χ1n) is 22.7. The van der Waals surface area contributed by atoms with Gasteiger partial charge in [0.2, 0.25) is 29.5 Å². The maximum atomic E-state index is 14.7. The summed E-state index contributed by atoms with van der Waals surface area (Å²) in [6, 6.07) is 25.3. The Balaban J connectivity index is 1.34. The number of nitrogens with zero attached hydrogens (tertiary/aromatic N) is 2. The average Bonchev–Trinajstić information content (AvgIpc) is 3.94. The van der Waals surface area contributed by atoms with Crippen LogP contribution in [0.3, 0.4) is 0 Å². The quantitative estimate of drug-likeness (QED) is 0.0768. The molecule has 16 nitrogen and oxygen atoms in total. The number of benzene rings is 4. The van der Waals surface area contributed by atoms with Crippen molar-refractivity contribution in [3.8, 4) is 22.8 Å². The van der Waals surface area contributed by atoms with Crippen molar-refractivity contribution in [2.75, 3.05) is 13.7 Å². The molecule has 67 heavy (non-hydrogen) atoms. The Labute approximate surface area is 389 Å². The second-order valence-electron chi connectivity index (χ2n) is 17.3. The van der Waals surface area contributed by atoms with E-state index in [1.54, 1.807) is 42.3 Å². The lowest BCUT2D eigenvalue weighted by atomic mass is 9.99. The number of phenolic OH excluding ortho intramolecular Hbond substituents is 1. The molecule has 16 heteroatoms. The third-order valence-corrected chi connectivity index (χ3v) is 12.0. The van der Waals surface area contributed by atoms with Crippen LogP contribution in [0.25, 0.3) is 22.2 Å². The Morgan fingerprint density at radius 3 is 2.10 bits per heavy atom. The molecule has 3 heterocycles. The number of aromatic amines is 1. The summed E-state index contributed by atoms with van der Waals surface area (Å²) in [5.41, 5.74) is 10.1. The molecule has 5 amide bonds. The van der Waals surface area contributed by atoms with Crippen LogP contribution < -0.4 is 37.1 Å². The maximum Gasteiger partial charge on any atom is 0.243 e. The van der Waals surface area contributed by atoms with E-state index in [2.05, 4.69) is 31.6 Å². The number of ether oxygens (including phenoxy) is 1. The summed E-state index contributed by atoms with van der Waals surface area (Å²) in [5.74, 6) is -2.32. The number of unbranched alkanes of at least 4 members (excludes halogenated alkanes) is 1. The molecule has 0 radical (unpaired) electrons. The van der Waals surface area contributed by atoms with Gasteiger partial charge in [-0.25, -0.2) is 4.98 Å². The average molecular weight is 910 g/mol. The molecule has 4 aromatic carbocycles. The van der Waals surface area contributed by atoms with E-state index in [1.807, 2.05) is 86.6 Å². The molecule has 5 atom stereocenters. The van der Waals surface area contributed by atoms with Crippen LogP contribution in [0, 0.1) is 5.92 Å². The summed E-state index contributed by atoms with van der Waals surface area (Å²) < 4.78 is 7.17. The molecule has 0 aliphatic carbocycles. The number of fused-ring (bicyclic) bond motifs is 2. The van der Waals surface area contributed by atoms with Gasteiger partial charge in [0.05, 0.1) is 18.8 Å². The van der Waals surface area contributed by atoms with Crippen molar-refractivity contribution in [2.24, 2.45) is 11.7 Å². The van der Waals surface area contributed by atoms with Crippen LogP contribution in [0.4, 0.5) is 0 Å². The van der Waals surface area contributed by atoms with E-state index in [9.17, 15) is 29.1 Å². The Morgan fingerprint density at radius 2 is 1.37 bits per heavy atom. The summed E-state index contributed by atoms with van der Waals surface area (Å²) in [4.78, 5) is 81.2. The van der Waals surface area contributed by atoms with Crippen molar-refractivity contribution in [3.63, 3.8) is 0 Å². The van der Waals surface area contributed by atoms with E-state index in [0.717, 1.165) is 22.0 Å². The molecule has 350 valence electrons. The topological polar surface area (TPSA) is 235 Å². The van der Waals surface area contributed by atoms with Crippen molar-refractivity contribution in [1.29, 1.82) is 0 Å². The van der Waals surface area contributed by atoms with Crippen LogP contribution in [0.2, 0.25) is 0 Å². The number of carbonyl (C=O) groups is 5. The van der Waals surface area contributed by atoms with Crippen molar-refractivity contribution < 1.29 is 33.8 Å². The second-order valence-corrected chi connectivity index (χ2v) is 17.3. The van der Waals surface area contributed by atoms with Crippen molar-refractivity contribution in [3.05, 3.63) is 138 Å². The molecule has 6 aromatic rings. The van der Waals surface area contributed by atoms with Crippen LogP contribution in [0.5, 0.6) is 11.5 Å². The van der Waals surface area contributed by atoms with Gasteiger partial charge in [0.25, 0.3) is 0 Å². The Morgan fingerprint density at radius 1 is 0.716 bits per heavy atom. The molecule has 0 unspecified atom stereocenters. The normalized spacial score (nSPS) is 19.9. The second kappa shape index (κ2) is 22.2. The monoisotopic (exact) mass is 909 g/mol. The van der Waals surface area contributed by atoms with Gasteiger partial charge >= 0.3 is 0 Å². The highest BCUT2D eigenvalue weighted by Crippen LogP contribution is 2.28. The van der Waals surface area contributed by atoms with Gasteiger partial charge in [-0.05, 0) is 85.2 Å². The molecule has 0 bridgehead atoms. The Bertz CT molecular complexity index is 2660. The van der Waals surface area contributed by atoms with E-state index in [4.69, 9.17) is 15.5 Å². The fourth-order valence-corrected chi connectivity index (χ4v) is 8.37. The minimum absolute atomic E-state index is 0.00146. The number of nitrogens with two attached hydrogens (primary N) is 1. The van der Waals surface area contributed by atoms with Crippen LogP contribution in [0.1, 0.15) is 61.7 Å². The lowest BCUT2D eigenvalue weighted by Crippen LogP contribution is -2.60. The number of rotatable bonds is 13. The van der Waals surface area contributed by atoms with E-state index >= 15 is 0 Å². The summed E-state index contributed by atoms with van der Waals surface area (Å²) in [6.45, 7) is 3.68. The maximum absolute atomic E-state index is 14.7. The molecule has 0 saturated carbocycles. The number of hydrogen-bond donors (Lipinski definition) is 8. The fraction of sp³-hybridized carbons (Fsp3) is 0.333. The number of aromatic hydroxyl groups is 1. The largest absolute Gasteiger partial charge is 0.508 e.